The van der Waals surface area contributed by atoms with Gasteiger partial charge >= 0.3 is 0 Å². The minimum absolute atomic E-state index is 0.351. The van der Waals surface area contributed by atoms with Crippen LogP contribution in [0.5, 0.6) is 0 Å². The van der Waals surface area contributed by atoms with Gasteiger partial charge in [0.1, 0.15) is 11.3 Å². The molecule has 1 saturated heterocycles. The van der Waals surface area contributed by atoms with Crippen LogP contribution in [0.3, 0.4) is 0 Å². The lowest BCUT2D eigenvalue weighted by Gasteiger charge is -2.25. The van der Waals surface area contributed by atoms with Crippen LogP contribution in [0.25, 0.3) is 11.0 Å². The third-order valence-corrected chi connectivity index (χ3v) is 4.94. The summed E-state index contributed by atoms with van der Waals surface area (Å²) >= 11 is 0. The molecule has 1 aromatic carbocycles. The van der Waals surface area contributed by atoms with Crippen molar-refractivity contribution in [1.29, 1.82) is 0 Å². The highest BCUT2D eigenvalue weighted by Gasteiger charge is 2.23. The maximum Gasteiger partial charge on any atom is 0.269 e. The van der Waals surface area contributed by atoms with Gasteiger partial charge in [0.15, 0.2) is 0 Å². The summed E-state index contributed by atoms with van der Waals surface area (Å²) in [7, 11) is -0.721. The van der Waals surface area contributed by atoms with E-state index in [1.807, 2.05) is 24.3 Å². The molecule has 0 atom stereocenters. The van der Waals surface area contributed by atoms with E-state index >= 15 is 0 Å². The van der Waals surface area contributed by atoms with Gasteiger partial charge in [0.2, 0.25) is 0 Å². The van der Waals surface area contributed by atoms with Crippen molar-refractivity contribution in [2.45, 2.75) is 6.54 Å². The number of amides is 1. The van der Waals surface area contributed by atoms with Crippen LogP contribution < -0.4 is 11.3 Å². The number of nitrogens with one attached hydrogen (secondary N) is 1. The number of hydrogen-bond acceptors (Lipinski definition) is 5. The first-order valence-electron chi connectivity index (χ1n) is 6.77. The Morgan fingerprint density at radius 1 is 1.33 bits per heavy atom. The summed E-state index contributed by atoms with van der Waals surface area (Å²) in [6, 6.07) is 7.40. The van der Waals surface area contributed by atoms with E-state index in [4.69, 9.17) is 10.3 Å². The van der Waals surface area contributed by atoms with Crippen molar-refractivity contribution in [2.75, 3.05) is 24.6 Å². The van der Waals surface area contributed by atoms with Crippen molar-refractivity contribution < 1.29 is 13.4 Å². The quantitative estimate of drug-likeness (QED) is 0.492. The molecule has 0 bridgehead atoms. The van der Waals surface area contributed by atoms with Gasteiger partial charge in [-0.25, -0.2) is 5.84 Å². The number of carbonyl (C=O) groups excluding carboxylic acids is 1. The highest BCUT2D eigenvalue weighted by Crippen LogP contribution is 2.27. The first-order valence-corrected chi connectivity index (χ1v) is 8.26. The number of nitrogen functional groups attached to an aromatic ring is 1. The second-order valence-electron chi connectivity index (χ2n) is 4.99. The number of hydrogen-bond donors (Lipinski definition) is 2. The number of nitrogens with two attached hydrogens (primary N) is 1. The van der Waals surface area contributed by atoms with E-state index in [1.54, 1.807) is 0 Å². The van der Waals surface area contributed by atoms with Gasteiger partial charge in [0, 0.05) is 40.8 Å². The Morgan fingerprint density at radius 3 is 2.76 bits per heavy atom. The number of rotatable bonds is 3. The minimum atomic E-state index is -0.721. The molecule has 2 aromatic rings. The lowest BCUT2D eigenvalue weighted by molar-refractivity contribution is 0.0951. The number of hydrazine groups is 1. The molecule has 3 N–H and O–H groups in total. The van der Waals surface area contributed by atoms with E-state index in [0.717, 1.165) is 18.5 Å². The van der Waals surface area contributed by atoms with Gasteiger partial charge in [-0.2, -0.15) is 0 Å². The largest absolute Gasteiger partial charge is 0.459 e. The zero-order valence-corrected chi connectivity index (χ0v) is 12.3. The molecule has 2 heterocycles. The van der Waals surface area contributed by atoms with Gasteiger partial charge in [0.25, 0.3) is 5.91 Å². The zero-order valence-electron chi connectivity index (χ0n) is 11.5. The third-order valence-electron chi connectivity index (χ3n) is 3.66. The Bertz CT molecular complexity index is 688. The summed E-state index contributed by atoms with van der Waals surface area (Å²) in [6.45, 7) is 2.01. The molecular weight excluding hydrogens is 290 g/mol. The van der Waals surface area contributed by atoms with Crippen molar-refractivity contribution >= 4 is 27.7 Å². The van der Waals surface area contributed by atoms with Crippen LogP contribution >= 0.6 is 0 Å². The molecule has 1 aliphatic rings. The van der Waals surface area contributed by atoms with Crippen LogP contribution in [0.4, 0.5) is 0 Å². The monoisotopic (exact) mass is 307 g/mol. The molecule has 0 spiro atoms. The third kappa shape index (κ3) is 2.85. The van der Waals surface area contributed by atoms with Crippen LogP contribution in [0.2, 0.25) is 0 Å². The van der Waals surface area contributed by atoms with Crippen LogP contribution in [-0.2, 0) is 17.3 Å². The van der Waals surface area contributed by atoms with E-state index < -0.39 is 10.8 Å². The molecular formula is C14H17N3O3S. The highest BCUT2D eigenvalue weighted by molar-refractivity contribution is 7.85. The zero-order chi connectivity index (χ0) is 14.8. The van der Waals surface area contributed by atoms with Crippen molar-refractivity contribution in [3.8, 4) is 0 Å². The summed E-state index contributed by atoms with van der Waals surface area (Å²) in [4.78, 5) is 14.2. The van der Waals surface area contributed by atoms with Crippen molar-refractivity contribution in [3.05, 3.63) is 35.6 Å². The maximum absolute atomic E-state index is 12.0. The van der Waals surface area contributed by atoms with E-state index in [-0.39, 0.29) is 5.91 Å². The Hall–Kier alpha value is -1.70. The average Bonchev–Trinajstić information content (AvgIpc) is 2.86. The fraction of sp³-hybridized carbons (Fsp3) is 0.357. The molecule has 7 heteroatoms. The predicted octanol–water partition coefficient (Wildman–Crippen LogP) is 0.601. The second kappa shape index (κ2) is 5.97. The number of furan rings is 1. The molecule has 3 rings (SSSR count). The smallest absolute Gasteiger partial charge is 0.269 e. The minimum Gasteiger partial charge on any atom is -0.459 e. The molecule has 0 radical (unpaired) electrons. The molecule has 1 aliphatic heterocycles. The van der Waals surface area contributed by atoms with Crippen molar-refractivity contribution in [1.82, 2.24) is 10.3 Å². The van der Waals surface area contributed by atoms with E-state index in [0.29, 0.717) is 35.0 Å². The highest BCUT2D eigenvalue weighted by atomic mass is 32.2. The van der Waals surface area contributed by atoms with Gasteiger partial charge in [-0.1, -0.05) is 18.2 Å². The van der Waals surface area contributed by atoms with Gasteiger partial charge in [-0.3, -0.25) is 19.3 Å². The molecule has 1 fully saturated rings. The Kier molecular flexibility index (Phi) is 4.05. The predicted molar refractivity (Wildman–Crippen MR) is 81.0 cm³/mol. The van der Waals surface area contributed by atoms with Crippen LogP contribution in [0.15, 0.2) is 28.7 Å². The number of benzene rings is 1. The maximum atomic E-state index is 12.0. The lowest BCUT2D eigenvalue weighted by atomic mass is 10.1. The van der Waals surface area contributed by atoms with E-state index in [2.05, 4.69) is 10.3 Å². The van der Waals surface area contributed by atoms with Crippen molar-refractivity contribution in [2.24, 2.45) is 5.84 Å². The summed E-state index contributed by atoms with van der Waals surface area (Å²) in [5, 5.41) is 0.760. The topological polar surface area (TPSA) is 88.6 Å². The first-order chi connectivity index (χ1) is 10.2. The van der Waals surface area contributed by atoms with Gasteiger partial charge in [0.05, 0.1) is 12.1 Å². The SMILES string of the molecule is NNC(=O)c1c(CN2CCS(=O)CC2)oc2ccccc12. The van der Waals surface area contributed by atoms with E-state index in [1.165, 1.54) is 0 Å². The lowest BCUT2D eigenvalue weighted by Crippen LogP contribution is -2.38. The normalized spacial score (nSPS) is 17.2. The summed E-state index contributed by atoms with van der Waals surface area (Å²) in [5.74, 6) is 6.86. The Morgan fingerprint density at radius 2 is 2.05 bits per heavy atom. The van der Waals surface area contributed by atoms with Crippen LogP contribution in [0, 0.1) is 0 Å². The molecule has 1 aromatic heterocycles. The summed E-state index contributed by atoms with van der Waals surface area (Å²) in [6.07, 6.45) is 0. The Balaban J connectivity index is 1.93. The van der Waals surface area contributed by atoms with Gasteiger partial charge < -0.3 is 4.42 Å². The molecule has 0 unspecified atom stereocenters. The van der Waals surface area contributed by atoms with Crippen molar-refractivity contribution in [3.63, 3.8) is 0 Å². The average molecular weight is 307 g/mol. The number of para-hydroxylation sites is 1. The summed E-state index contributed by atoms with van der Waals surface area (Å²) < 4.78 is 17.2. The first kappa shape index (κ1) is 14.2. The van der Waals surface area contributed by atoms with E-state index in [9.17, 15) is 9.00 Å². The molecule has 0 saturated carbocycles. The Labute approximate surface area is 124 Å². The molecule has 0 aliphatic carbocycles. The fourth-order valence-electron chi connectivity index (χ4n) is 2.57. The molecule has 21 heavy (non-hydrogen) atoms. The van der Waals surface area contributed by atoms with Gasteiger partial charge in [-0.15, -0.1) is 0 Å². The standard InChI is InChI=1S/C14H17N3O3S/c15-16-14(18)13-10-3-1-2-4-11(10)20-12(13)9-17-5-7-21(19)8-6-17/h1-4H,5-9,15H2,(H,16,18). The van der Waals surface area contributed by atoms with Crippen LogP contribution in [0.1, 0.15) is 16.1 Å². The number of carbonyl (C=O) groups is 1. The molecule has 6 nitrogen and oxygen atoms in total. The molecule has 112 valence electrons. The summed E-state index contributed by atoms with van der Waals surface area (Å²) in [5.41, 5.74) is 3.34. The number of fused-ring (bicyclic) bond motifs is 1. The number of nitrogens with zero attached hydrogens (tertiary/aromatic N) is 1. The van der Waals surface area contributed by atoms with Crippen LogP contribution in [-0.4, -0.2) is 39.6 Å². The fourth-order valence-corrected chi connectivity index (χ4v) is 3.69. The van der Waals surface area contributed by atoms with Gasteiger partial charge in [-0.05, 0) is 6.07 Å². The second-order valence-corrected chi connectivity index (χ2v) is 6.69. The molecule has 1 amide bonds.